The summed E-state index contributed by atoms with van der Waals surface area (Å²) in [7, 11) is 0. The smallest absolute Gasteiger partial charge is 0.335 e. The zero-order chi connectivity index (χ0) is 17.7. The number of nitrogens with zero attached hydrogens (tertiary/aromatic N) is 1. The SMILES string of the molecule is CC(NC(=O)NC1CCCC(C(F)(F)F)C1)c1ccc(C#N)cc1. The fourth-order valence-corrected chi connectivity index (χ4v) is 2.97. The zero-order valence-electron chi connectivity index (χ0n) is 13.4. The lowest BCUT2D eigenvalue weighted by atomic mass is 9.85. The second-order valence-corrected chi connectivity index (χ2v) is 6.18. The highest BCUT2D eigenvalue weighted by Gasteiger charge is 2.42. The van der Waals surface area contributed by atoms with Crippen LogP contribution in [0.2, 0.25) is 0 Å². The molecule has 2 amide bonds. The van der Waals surface area contributed by atoms with E-state index in [2.05, 4.69) is 10.6 Å². The molecule has 1 aromatic carbocycles. The van der Waals surface area contributed by atoms with E-state index in [1.165, 1.54) is 0 Å². The van der Waals surface area contributed by atoms with Gasteiger partial charge in [0.05, 0.1) is 23.6 Å². The third-order valence-electron chi connectivity index (χ3n) is 4.36. The summed E-state index contributed by atoms with van der Waals surface area (Å²) in [5.41, 5.74) is 1.34. The van der Waals surface area contributed by atoms with Gasteiger partial charge >= 0.3 is 12.2 Å². The van der Waals surface area contributed by atoms with Crippen molar-refractivity contribution >= 4 is 6.03 Å². The van der Waals surface area contributed by atoms with Crippen molar-refractivity contribution in [3.8, 4) is 6.07 Å². The summed E-state index contributed by atoms with van der Waals surface area (Å²) in [5, 5.41) is 14.1. The molecule has 1 fully saturated rings. The maximum absolute atomic E-state index is 12.8. The normalized spacial score (nSPS) is 22.3. The molecule has 0 spiro atoms. The van der Waals surface area contributed by atoms with Crippen LogP contribution in [0.3, 0.4) is 0 Å². The molecular formula is C17H20F3N3O. The second-order valence-electron chi connectivity index (χ2n) is 6.18. The molecular weight excluding hydrogens is 319 g/mol. The first-order chi connectivity index (χ1) is 11.3. The van der Waals surface area contributed by atoms with Crippen molar-refractivity contribution in [2.75, 3.05) is 0 Å². The molecule has 0 aromatic heterocycles. The van der Waals surface area contributed by atoms with Crippen LogP contribution in [0.1, 0.15) is 49.8 Å². The monoisotopic (exact) mass is 339 g/mol. The van der Waals surface area contributed by atoms with Gasteiger partial charge in [-0.1, -0.05) is 18.6 Å². The Morgan fingerprint density at radius 1 is 1.29 bits per heavy atom. The first-order valence-electron chi connectivity index (χ1n) is 7.93. The molecule has 2 N–H and O–H groups in total. The number of rotatable bonds is 3. The molecule has 130 valence electrons. The average Bonchev–Trinajstić information content (AvgIpc) is 2.54. The zero-order valence-corrected chi connectivity index (χ0v) is 13.4. The number of nitrogens with one attached hydrogen (secondary N) is 2. The molecule has 7 heteroatoms. The van der Waals surface area contributed by atoms with Gasteiger partial charge < -0.3 is 10.6 Å². The Hall–Kier alpha value is -2.23. The first-order valence-corrected chi connectivity index (χ1v) is 7.93. The van der Waals surface area contributed by atoms with Crippen LogP contribution in [0.4, 0.5) is 18.0 Å². The topological polar surface area (TPSA) is 64.9 Å². The minimum atomic E-state index is -4.20. The lowest BCUT2D eigenvalue weighted by molar-refractivity contribution is -0.183. The number of hydrogen-bond donors (Lipinski definition) is 2. The molecule has 3 unspecified atom stereocenters. The van der Waals surface area contributed by atoms with Gasteiger partial charge in [-0.25, -0.2) is 4.79 Å². The van der Waals surface area contributed by atoms with E-state index in [1.807, 2.05) is 6.07 Å². The van der Waals surface area contributed by atoms with Crippen LogP contribution in [0, 0.1) is 17.2 Å². The first kappa shape index (κ1) is 18.1. The predicted molar refractivity (Wildman–Crippen MR) is 83.0 cm³/mol. The van der Waals surface area contributed by atoms with E-state index < -0.39 is 24.2 Å². The largest absolute Gasteiger partial charge is 0.391 e. The summed E-state index contributed by atoms with van der Waals surface area (Å²) in [5.74, 6) is -1.34. The lowest BCUT2D eigenvalue weighted by Crippen LogP contribution is -2.46. The Morgan fingerprint density at radius 2 is 1.96 bits per heavy atom. The Kier molecular flexibility index (Phi) is 5.71. The highest BCUT2D eigenvalue weighted by Crippen LogP contribution is 2.37. The van der Waals surface area contributed by atoms with Crippen LogP contribution in [-0.2, 0) is 0 Å². The van der Waals surface area contributed by atoms with Crippen molar-refractivity contribution in [3.05, 3.63) is 35.4 Å². The van der Waals surface area contributed by atoms with Crippen molar-refractivity contribution in [1.82, 2.24) is 10.6 Å². The number of benzene rings is 1. The number of alkyl halides is 3. The molecule has 1 aliphatic carbocycles. The van der Waals surface area contributed by atoms with E-state index in [1.54, 1.807) is 31.2 Å². The molecule has 1 saturated carbocycles. The van der Waals surface area contributed by atoms with Crippen LogP contribution in [0.15, 0.2) is 24.3 Å². The molecule has 0 bridgehead atoms. The standard InChI is InChI=1S/C17H20F3N3O/c1-11(13-7-5-12(10-21)6-8-13)22-16(24)23-15-4-2-3-14(9-15)17(18,19)20/h5-8,11,14-15H,2-4,9H2,1H3,(H2,22,23,24). The third kappa shape index (κ3) is 4.88. The molecule has 1 aromatic rings. The van der Waals surface area contributed by atoms with E-state index >= 15 is 0 Å². The molecule has 0 radical (unpaired) electrons. The molecule has 1 aliphatic rings. The van der Waals surface area contributed by atoms with E-state index in [0.29, 0.717) is 18.4 Å². The van der Waals surface area contributed by atoms with Crippen molar-refractivity contribution in [1.29, 1.82) is 5.26 Å². The Labute approximate surface area is 139 Å². The van der Waals surface area contributed by atoms with Gasteiger partial charge in [0.1, 0.15) is 0 Å². The van der Waals surface area contributed by atoms with Gasteiger partial charge in [0.25, 0.3) is 0 Å². The molecule has 4 nitrogen and oxygen atoms in total. The van der Waals surface area contributed by atoms with E-state index in [-0.39, 0.29) is 18.9 Å². The van der Waals surface area contributed by atoms with Crippen molar-refractivity contribution in [3.63, 3.8) is 0 Å². The molecule has 0 aliphatic heterocycles. The number of halogens is 3. The fraction of sp³-hybridized carbons (Fsp3) is 0.529. The summed E-state index contributed by atoms with van der Waals surface area (Å²) in [6.07, 6.45) is -3.12. The van der Waals surface area contributed by atoms with Crippen LogP contribution in [0.5, 0.6) is 0 Å². The number of carbonyl (C=O) groups is 1. The summed E-state index contributed by atoms with van der Waals surface area (Å²) < 4.78 is 38.4. The van der Waals surface area contributed by atoms with Crippen LogP contribution < -0.4 is 10.6 Å². The predicted octanol–water partition coefficient (Wildman–Crippen LogP) is 4.04. The molecule has 2 rings (SSSR count). The number of hydrogen-bond acceptors (Lipinski definition) is 2. The quantitative estimate of drug-likeness (QED) is 0.873. The van der Waals surface area contributed by atoms with Gasteiger partial charge in [-0.05, 0) is 43.9 Å². The number of carbonyl (C=O) groups excluding carboxylic acids is 1. The van der Waals surface area contributed by atoms with Gasteiger partial charge in [-0.15, -0.1) is 0 Å². The molecule has 0 saturated heterocycles. The fourth-order valence-electron chi connectivity index (χ4n) is 2.97. The van der Waals surface area contributed by atoms with E-state index in [9.17, 15) is 18.0 Å². The summed E-state index contributed by atoms with van der Waals surface area (Å²) in [6.45, 7) is 1.78. The Morgan fingerprint density at radius 3 is 2.54 bits per heavy atom. The average molecular weight is 339 g/mol. The van der Waals surface area contributed by atoms with Gasteiger partial charge in [0.15, 0.2) is 0 Å². The summed E-state index contributed by atoms with van der Waals surface area (Å²) in [4.78, 5) is 12.0. The number of amides is 2. The lowest BCUT2D eigenvalue weighted by Gasteiger charge is -2.31. The highest BCUT2D eigenvalue weighted by molar-refractivity contribution is 5.74. The molecule has 24 heavy (non-hydrogen) atoms. The number of urea groups is 1. The molecule has 3 atom stereocenters. The number of nitriles is 1. The molecule has 0 heterocycles. The highest BCUT2D eigenvalue weighted by atomic mass is 19.4. The Balaban J connectivity index is 1.87. The second kappa shape index (κ2) is 7.56. The van der Waals surface area contributed by atoms with Gasteiger partial charge in [0.2, 0.25) is 0 Å². The minimum Gasteiger partial charge on any atom is -0.335 e. The maximum Gasteiger partial charge on any atom is 0.391 e. The minimum absolute atomic E-state index is 0.0673. The maximum atomic E-state index is 12.8. The van der Waals surface area contributed by atoms with E-state index in [4.69, 9.17) is 5.26 Å². The van der Waals surface area contributed by atoms with E-state index in [0.717, 1.165) is 5.56 Å². The van der Waals surface area contributed by atoms with Crippen LogP contribution in [-0.4, -0.2) is 18.2 Å². The van der Waals surface area contributed by atoms with Crippen molar-refractivity contribution in [2.45, 2.75) is 50.9 Å². The van der Waals surface area contributed by atoms with Crippen LogP contribution >= 0.6 is 0 Å². The van der Waals surface area contributed by atoms with Crippen molar-refractivity contribution in [2.24, 2.45) is 5.92 Å². The van der Waals surface area contributed by atoms with Gasteiger partial charge in [-0.2, -0.15) is 18.4 Å². The summed E-state index contributed by atoms with van der Waals surface area (Å²) >= 11 is 0. The van der Waals surface area contributed by atoms with Crippen LogP contribution in [0.25, 0.3) is 0 Å². The summed E-state index contributed by atoms with van der Waals surface area (Å²) in [6, 6.07) is 7.56. The Bertz CT molecular complexity index is 607. The van der Waals surface area contributed by atoms with Gasteiger partial charge in [0, 0.05) is 6.04 Å². The van der Waals surface area contributed by atoms with Gasteiger partial charge in [-0.3, -0.25) is 0 Å². The third-order valence-corrected chi connectivity index (χ3v) is 4.36. The van der Waals surface area contributed by atoms with Crippen molar-refractivity contribution < 1.29 is 18.0 Å².